The Bertz CT molecular complexity index is 822. The van der Waals surface area contributed by atoms with Crippen LogP contribution in [0.25, 0.3) is 0 Å². The maximum absolute atomic E-state index is 13.2. The first-order chi connectivity index (χ1) is 15.8. The van der Waals surface area contributed by atoms with Crippen LogP contribution in [0.2, 0.25) is 0 Å². The van der Waals surface area contributed by atoms with Gasteiger partial charge < -0.3 is 30.5 Å². The summed E-state index contributed by atoms with van der Waals surface area (Å²) in [6.07, 6.45) is 1.50. The number of alkyl carbamates (subject to hydrolysis) is 2. The standard InChI is InChI=1S/C21H33N5O8/c1-7-11-33-19(31)23-12(2)15(17(28)26-14(18(29)30)9-8-10-22-26)25-16(27)13(3)24-20(32)34-21(4,5)6/h7,10,12-15H,1,8-9,11H2,2-6H3,(H,23,31)(H,24,32)(H,25,27)(H,29,30)/t12-,13-,14?,15-/m0/s1. The highest BCUT2D eigenvalue weighted by Gasteiger charge is 2.39. The number of carbonyl (C=O) groups excluding carboxylic acids is 4. The van der Waals surface area contributed by atoms with Gasteiger partial charge >= 0.3 is 18.2 Å². The number of ether oxygens (including phenoxy) is 2. The minimum absolute atomic E-state index is 0.0854. The lowest BCUT2D eigenvalue weighted by Crippen LogP contribution is -2.62. The van der Waals surface area contributed by atoms with Gasteiger partial charge in [-0.25, -0.2) is 19.4 Å². The Labute approximate surface area is 197 Å². The minimum Gasteiger partial charge on any atom is -0.480 e. The van der Waals surface area contributed by atoms with E-state index in [1.54, 1.807) is 20.8 Å². The van der Waals surface area contributed by atoms with Crippen LogP contribution in [0.3, 0.4) is 0 Å². The zero-order valence-corrected chi connectivity index (χ0v) is 20.0. The normalized spacial score (nSPS) is 18.0. The summed E-state index contributed by atoms with van der Waals surface area (Å²) in [6, 6.07) is -4.82. The van der Waals surface area contributed by atoms with Crippen LogP contribution in [-0.2, 0) is 23.9 Å². The molecule has 0 aromatic heterocycles. The molecule has 0 spiro atoms. The number of carboxylic acids is 1. The second kappa shape index (κ2) is 12.6. The van der Waals surface area contributed by atoms with Crippen molar-refractivity contribution in [2.45, 2.75) is 77.2 Å². The summed E-state index contributed by atoms with van der Waals surface area (Å²) in [7, 11) is 0. The minimum atomic E-state index is -1.43. The van der Waals surface area contributed by atoms with Gasteiger partial charge in [0.2, 0.25) is 5.91 Å². The van der Waals surface area contributed by atoms with E-state index in [4.69, 9.17) is 9.47 Å². The number of nitrogens with zero attached hydrogens (tertiary/aromatic N) is 2. The molecule has 13 nitrogen and oxygen atoms in total. The molecule has 1 aliphatic heterocycles. The molecule has 0 aromatic carbocycles. The van der Waals surface area contributed by atoms with E-state index in [2.05, 4.69) is 27.6 Å². The van der Waals surface area contributed by atoms with Gasteiger partial charge in [-0.1, -0.05) is 12.7 Å². The number of hydrogen-bond donors (Lipinski definition) is 4. The van der Waals surface area contributed by atoms with Gasteiger partial charge in [0, 0.05) is 6.21 Å². The Hall–Kier alpha value is -3.64. The van der Waals surface area contributed by atoms with Crippen LogP contribution in [0.15, 0.2) is 17.8 Å². The molecule has 4 atom stereocenters. The van der Waals surface area contributed by atoms with Gasteiger partial charge in [-0.05, 0) is 47.5 Å². The van der Waals surface area contributed by atoms with Crippen LogP contribution >= 0.6 is 0 Å². The van der Waals surface area contributed by atoms with E-state index in [9.17, 15) is 29.1 Å². The van der Waals surface area contributed by atoms with Gasteiger partial charge in [-0.15, -0.1) is 0 Å². The van der Waals surface area contributed by atoms with Crippen molar-refractivity contribution in [3.05, 3.63) is 12.7 Å². The number of carbonyl (C=O) groups is 5. The molecule has 1 unspecified atom stereocenters. The Morgan fingerprint density at radius 1 is 1.18 bits per heavy atom. The van der Waals surface area contributed by atoms with Gasteiger partial charge in [0.1, 0.15) is 24.3 Å². The third kappa shape index (κ3) is 9.08. The molecule has 0 aliphatic carbocycles. The summed E-state index contributed by atoms with van der Waals surface area (Å²) < 4.78 is 9.96. The molecule has 1 aliphatic rings. The van der Waals surface area contributed by atoms with Crippen molar-refractivity contribution in [3.63, 3.8) is 0 Å². The van der Waals surface area contributed by atoms with E-state index in [1.165, 1.54) is 26.1 Å². The van der Waals surface area contributed by atoms with E-state index in [-0.39, 0.29) is 13.0 Å². The fraction of sp³-hybridized carbons (Fsp3) is 0.619. The topological polar surface area (TPSA) is 176 Å². The molecule has 0 bridgehead atoms. The summed E-state index contributed by atoms with van der Waals surface area (Å²) in [6.45, 7) is 11.1. The first kappa shape index (κ1) is 28.4. The number of carboxylic acid groups (broad SMARTS) is 1. The fourth-order valence-corrected chi connectivity index (χ4v) is 2.84. The predicted molar refractivity (Wildman–Crippen MR) is 121 cm³/mol. The monoisotopic (exact) mass is 483 g/mol. The summed E-state index contributed by atoms with van der Waals surface area (Å²) in [5.74, 6) is -2.90. The summed E-state index contributed by atoms with van der Waals surface area (Å²) in [4.78, 5) is 61.5. The molecule has 34 heavy (non-hydrogen) atoms. The van der Waals surface area contributed by atoms with Crippen LogP contribution in [0.5, 0.6) is 0 Å². The lowest BCUT2D eigenvalue weighted by molar-refractivity contribution is -0.152. The van der Waals surface area contributed by atoms with Gasteiger partial charge in [0.15, 0.2) is 6.04 Å². The summed E-state index contributed by atoms with van der Waals surface area (Å²) >= 11 is 0. The molecular weight excluding hydrogens is 450 g/mol. The van der Waals surface area contributed by atoms with Crippen LogP contribution in [-0.4, -0.2) is 82.7 Å². The molecule has 0 radical (unpaired) electrons. The molecule has 0 aromatic rings. The number of aliphatic carboxylic acids is 1. The molecule has 4 amide bonds. The fourth-order valence-electron chi connectivity index (χ4n) is 2.84. The molecule has 4 N–H and O–H groups in total. The van der Waals surface area contributed by atoms with Gasteiger partial charge in [-0.2, -0.15) is 5.10 Å². The zero-order valence-electron chi connectivity index (χ0n) is 20.0. The molecular formula is C21H33N5O8. The number of amides is 4. The average Bonchev–Trinajstić information content (AvgIpc) is 2.73. The molecule has 13 heteroatoms. The van der Waals surface area contributed by atoms with E-state index in [0.717, 1.165) is 5.01 Å². The third-order valence-corrected chi connectivity index (χ3v) is 4.45. The van der Waals surface area contributed by atoms with Crippen molar-refractivity contribution in [1.82, 2.24) is 21.0 Å². The number of rotatable bonds is 9. The van der Waals surface area contributed by atoms with Crippen molar-refractivity contribution in [1.29, 1.82) is 0 Å². The van der Waals surface area contributed by atoms with Gasteiger partial charge in [-0.3, -0.25) is 9.59 Å². The van der Waals surface area contributed by atoms with Crippen molar-refractivity contribution >= 4 is 36.2 Å². The van der Waals surface area contributed by atoms with E-state index in [0.29, 0.717) is 6.42 Å². The summed E-state index contributed by atoms with van der Waals surface area (Å²) in [5, 5.41) is 21.3. The van der Waals surface area contributed by atoms with Crippen molar-refractivity contribution in [2.75, 3.05) is 6.61 Å². The highest BCUT2D eigenvalue weighted by Crippen LogP contribution is 2.16. The lowest BCUT2D eigenvalue weighted by atomic mass is 10.0. The molecule has 0 fully saturated rings. The number of nitrogens with one attached hydrogen (secondary N) is 3. The van der Waals surface area contributed by atoms with E-state index < -0.39 is 59.7 Å². The van der Waals surface area contributed by atoms with Crippen molar-refractivity contribution in [3.8, 4) is 0 Å². The average molecular weight is 484 g/mol. The first-order valence-electron chi connectivity index (χ1n) is 10.7. The largest absolute Gasteiger partial charge is 0.480 e. The zero-order chi connectivity index (χ0) is 26.1. The lowest BCUT2D eigenvalue weighted by Gasteiger charge is -2.33. The predicted octanol–water partition coefficient (Wildman–Crippen LogP) is 0.747. The molecule has 0 saturated heterocycles. The molecule has 1 heterocycles. The highest BCUT2D eigenvalue weighted by atomic mass is 16.6. The summed E-state index contributed by atoms with van der Waals surface area (Å²) in [5.41, 5.74) is -0.791. The Morgan fingerprint density at radius 2 is 1.82 bits per heavy atom. The number of hydrogen-bond acceptors (Lipinski definition) is 8. The second-order valence-corrected chi connectivity index (χ2v) is 8.59. The van der Waals surface area contributed by atoms with Crippen LogP contribution in [0.4, 0.5) is 9.59 Å². The van der Waals surface area contributed by atoms with Gasteiger partial charge in [0.25, 0.3) is 5.91 Å². The molecule has 1 rings (SSSR count). The van der Waals surface area contributed by atoms with E-state index >= 15 is 0 Å². The quantitative estimate of drug-likeness (QED) is 0.347. The Balaban J connectivity index is 3.06. The third-order valence-electron chi connectivity index (χ3n) is 4.45. The number of hydrazone groups is 1. The molecule has 0 saturated carbocycles. The maximum Gasteiger partial charge on any atom is 0.408 e. The highest BCUT2D eigenvalue weighted by molar-refractivity contribution is 5.94. The maximum atomic E-state index is 13.2. The smallest absolute Gasteiger partial charge is 0.408 e. The van der Waals surface area contributed by atoms with Crippen LogP contribution in [0, 0.1) is 0 Å². The van der Waals surface area contributed by atoms with Gasteiger partial charge in [0.05, 0.1) is 6.04 Å². The van der Waals surface area contributed by atoms with Crippen LogP contribution < -0.4 is 16.0 Å². The second-order valence-electron chi connectivity index (χ2n) is 8.59. The molecule has 190 valence electrons. The SMILES string of the molecule is C=CCOC(=O)N[C@@H](C)[C@H](NC(=O)[C@H](C)NC(=O)OC(C)(C)C)C(=O)N1N=CCCC1C(=O)O. The van der Waals surface area contributed by atoms with Crippen molar-refractivity contribution < 1.29 is 38.6 Å². The van der Waals surface area contributed by atoms with E-state index in [1.807, 2.05) is 0 Å². The Kier molecular flexibility index (Phi) is 10.5. The Morgan fingerprint density at radius 3 is 2.38 bits per heavy atom. The first-order valence-corrected chi connectivity index (χ1v) is 10.7. The van der Waals surface area contributed by atoms with Crippen LogP contribution in [0.1, 0.15) is 47.5 Å². The van der Waals surface area contributed by atoms with Crippen molar-refractivity contribution in [2.24, 2.45) is 5.10 Å².